The third kappa shape index (κ3) is 4.85. The second-order valence-corrected chi connectivity index (χ2v) is 7.87. The van der Waals surface area contributed by atoms with Gasteiger partial charge in [0.2, 0.25) is 0 Å². The lowest BCUT2D eigenvalue weighted by Gasteiger charge is -2.52. The molecular formula is C21H19F6NO3. The van der Waals surface area contributed by atoms with Crippen LogP contribution in [-0.4, -0.2) is 23.2 Å². The summed E-state index contributed by atoms with van der Waals surface area (Å²) in [4.78, 5) is 11.4. The van der Waals surface area contributed by atoms with E-state index in [4.69, 9.17) is 10.5 Å². The molecule has 0 aliphatic heterocycles. The Balaban J connectivity index is 1.81. The van der Waals surface area contributed by atoms with E-state index in [2.05, 4.69) is 0 Å². The van der Waals surface area contributed by atoms with Gasteiger partial charge in [-0.15, -0.1) is 0 Å². The van der Waals surface area contributed by atoms with Gasteiger partial charge in [-0.25, -0.2) is 0 Å². The Morgan fingerprint density at radius 2 is 1.48 bits per heavy atom. The van der Waals surface area contributed by atoms with E-state index in [1.807, 2.05) is 0 Å². The first-order valence-electron chi connectivity index (χ1n) is 9.19. The fourth-order valence-corrected chi connectivity index (χ4v) is 3.96. The molecule has 3 rings (SSSR count). The highest BCUT2D eigenvalue weighted by Crippen LogP contribution is 2.49. The molecule has 1 aliphatic carbocycles. The zero-order chi connectivity index (χ0) is 23.1. The van der Waals surface area contributed by atoms with Gasteiger partial charge in [0, 0.05) is 5.41 Å². The molecule has 168 valence electrons. The van der Waals surface area contributed by atoms with Crippen molar-refractivity contribution in [2.75, 3.05) is 6.61 Å². The molecule has 2 aromatic carbocycles. The first-order valence-corrected chi connectivity index (χ1v) is 9.19. The van der Waals surface area contributed by atoms with Gasteiger partial charge in [0.1, 0.15) is 5.54 Å². The van der Waals surface area contributed by atoms with E-state index in [0.29, 0.717) is 12.1 Å². The molecule has 31 heavy (non-hydrogen) atoms. The molecule has 1 aliphatic rings. The normalized spacial score (nSPS) is 24.0. The highest BCUT2D eigenvalue weighted by atomic mass is 19.4. The van der Waals surface area contributed by atoms with Crippen molar-refractivity contribution in [3.05, 3.63) is 70.8 Å². The highest BCUT2D eigenvalue weighted by molar-refractivity contribution is 5.81. The second-order valence-electron chi connectivity index (χ2n) is 7.87. The van der Waals surface area contributed by atoms with Crippen LogP contribution in [0.15, 0.2) is 48.5 Å². The van der Waals surface area contributed by atoms with Crippen LogP contribution in [0.3, 0.4) is 0 Å². The predicted octanol–water partition coefficient (Wildman–Crippen LogP) is 4.75. The van der Waals surface area contributed by atoms with E-state index in [1.165, 1.54) is 0 Å². The third-order valence-electron chi connectivity index (χ3n) is 5.41. The number of nitrogens with two attached hydrogens (primary N) is 1. The van der Waals surface area contributed by atoms with Crippen LogP contribution in [0, 0.1) is 0 Å². The Morgan fingerprint density at radius 1 is 0.968 bits per heavy atom. The van der Waals surface area contributed by atoms with E-state index in [1.54, 1.807) is 30.3 Å². The first kappa shape index (κ1) is 23.1. The molecule has 0 amide bonds. The lowest BCUT2D eigenvalue weighted by atomic mass is 9.55. The quantitative estimate of drug-likeness (QED) is 0.627. The lowest BCUT2D eigenvalue weighted by molar-refractivity contribution is -0.152. The molecule has 0 saturated heterocycles. The van der Waals surface area contributed by atoms with Gasteiger partial charge in [-0.1, -0.05) is 30.3 Å². The van der Waals surface area contributed by atoms with Crippen LogP contribution in [0.25, 0.3) is 0 Å². The van der Waals surface area contributed by atoms with Crippen molar-refractivity contribution < 1.29 is 41.0 Å². The van der Waals surface area contributed by atoms with Gasteiger partial charge in [0.25, 0.3) is 0 Å². The maximum absolute atomic E-state index is 13.0. The molecule has 0 bridgehead atoms. The summed E-state index contributed by atoms with van der Waals surface area (Å²) in [5.74, 6) is -1.19. The van der Waals surface area contributed by atoms with E-state index >= 15 is 0 Å². The average Bonchev–Trinajstić information content (AvgIpc) is 2.65. The number of aliphatic carboxylic acids is 1. The van der Waals surface area contributed by atoms with Crippen LogP contribution < -0.4 is 5.73 Å². The average molecular weight is 447 g/mol. The SMILES string of the molecule is N[C@]1(C(=O)O)C[C@](COCc2cc(C(F)(F)F)cc(C(F)(F)F)c2)(c2ccccc2)C1. The molecule has 0 radical (unpaired) electrons. The number of ether oxygens (including phenoxy) is 1. The minimum atomic E-state index is -4.95. The Bertz CT molecular complexity index is 918. The second kappa shape index (κ2) is 7.83. The van der Waals surface area contributed by atoms with Crippen LogP contribution >= 0.6 is 0 Å². The van der Waals surface area contributed by atoms with Crippen molar-refractivity contribution in [2.24, 2.45) is 5.73 Å². The molecular weight excluding hydrogens is 428 g/mol. The van der Waals surface area contributed by atoms with Crippen LogP contribution in [0.1, 0.15) is 35.1 Å². The molecule has 4 nitrogen and oxygen atoms in total. The summed E-state index contributed by atoms with van der Waals surface area (Å²) >= 11 is 0. The maximum Gasteiger partial charge on any atom is 0.416 e. The molecule has 0 aromatic heterocycles. The largest absolute Gasteiger partial charge is 0.480 e. The van der Waals surface area contributed by atoms with Gasteiger partial charge >= 0.3 is 18.3 Å². The Morgan fingerprint density at radius 3 is 1.94 bits per heavy atom. The van der Waals surface area contributed by atoms with Gasteiger partial charge < -0.3 is 15.6 Å². The summed E-state index contributed by atoms with van der Waals surface area (Å²) in [5, 5.41) is 9.31. The van der Waals surface area contributed by atoms with Crippen molar-refractivity contribution in [3.8, 4) is 0 Å². The van der Waals surface area contributed by atoms with E-state index < -0.39 is 47.0 Å². The van der Waals surface area contributed by atoms with Crippen molar-refractivity contribution in [3.63, 3.8) is 0 Å². The minimum Gasteiger partial charge on any atom is -0.480 e. The van der Waals surface area contributed by atoms with Crippen molar-refractivity contribution in [2.45, 2.75) is 42.8 Å². The number of benzene rings is 2. The van der Waals surface area contributed by atoms with E-state index in [9.17, 15) is 36.2 Å². The van der Waals surface area contributed by atoms with Gasteiger partial charge in [-0.2, -0.15) is 26.3 Å². The summed E-state index contributed by atoms with van der Waals surface area (Å²) in [6.07, 6.45) is -9.85. The number of halogens is 6. The zero-order valence-corrected chi connectivity index (χ0v) is 16.1. The summed E-state index contributed by atoms with van der Waals surface area (Å²) in [6, 6.07) is 9.98. The number of carboxylic acid groups (broad SMARTS) is 1. The van der Waals surface area contributed by atoms with Gasteiger partial charge in [0.05, 0.1) is 24.3 Å². The molecule has 10 heteroatoms. The summed E-state index contributed by atoms with van der Waals surface area (Å²) in [6.45, 7) is -0.618. The van der Waals surface area contributed by atoms with Crippen LogP contribution in [0.5, 0.6) is 0 Å². The van der Waals surface area contributed by atoms with Gasteiger partial charge in [-0.3, -0.25) is 4.79 Å². The number of alkyl halides is 6. The molecule has 0 spiro atoms. The molecule has 0 heterocycles. The summed E-state index contributed by atoms with van der Waals surface area (Å²) in [7, 11) is 0. The molecule has 3 N–H and O–H groups in total. The fourth-order valence-electron chi connectivity index (χ4n) is 3.96. The van der Waals surface area contributed by atoms with Gasteiger partial charge in [0.15, 0.2) is 0 Å². The number of carboxylic acids is 1. The maximum atomic E-state index is 13.0. The summed E-state index contributed by atoms with van der Waals surface area (Å²) < 4.78 is 83.6. The summed E-state index contributed by atoms with van der Waals surface area (Å²) in [5.41, 5.74) is 1.20. The molecule has 1 fully saturated rings. The monoisotopic (exact) mass is 447 g/mol. The number of carbonyl (C=O) groups is 1. The van der Waals surface area contributed by atoms with Crippen LogP contribution in [0.4, 0.5) is 26.3 Å². The Labute approximate surface area is 173 Å². The van der Waals surface area contributed by atoms with Crippen LogP contribution in [0.2, 0.25) is 0 Å². The number of rotatable bonds is 6. The molecule has 1 saturated carbocycles. The van der Waals surface area contributed by atoms with Crippen molar-refractivity contribution in [1.82, 2.24) is 0 Å². The Kier molecular flexibility index (Phi) is 5.83. The van der Waals surface area contributed by atoms with Gasteiger partial charge in [-0.05, 0) is 42.2 Å². The zero-order valence-electron chi connectivity index (χ0n) is 16.1. The molecule has 0 atom stereocenters. The Hall–Kier alpha value is -2.59. The van der Waals surface area contributed by atoms with E-state index in [0.717, 1.165) is 5.56 Å². The first-order chi connectivity index (χ1) is 14.3. The topological polar surface area (TPSA) is 72.6 Å². The smallest absolute Gasteiger partial charge is 0.416 e. The number of hydrogen-bond donors (Lipinski definition) is 2. The van der Waals surface area contributed by atoms with E-state index in [-0.39, 0.29) is 31.1 Å². The number of hydrogen-bond acceptors (Lipinski definition) is 3. The van der Waals surface area contributed by atoms with Crippen LogP contribution in [-0.2, 0) is 33.9 Å². The molecule has 0 unspecified atom stereocenters. The fraction of sp³-hybridized carbons (Fsp3) is 0.381. The molecule has 2 aromatic rings. The minimum absolute atomic E-state index is 0.0236. The lowest BCUT2D eigenvalue weighted by Crippen LogP contribution is -2.66. The van der Waals surface area contributed by atoms with Crippen molar-refractivity contribution in [1.29, 1.82) is 0 Å². The third-order valence-corrected chi connectivity index (χ3v) is 5.41. The van der Waals surface area contributed by atoms with Crippen molar-refractivity contribution >= 4 is 5.97 Å². The standard InChI is InChI=1S/C21H19F6NO3/c22-20(23,24)15-6-13(7-16(8-15)21(25,26)27)9-31-12-18(14-4-2-1-3-5-14)10-19(28,11-18)17(29)30/h1-8H,9-12,28H2,(H,29,30)/t18-,19+. The highest BCUT2D eigenvalue weighted by Gasteiger charge is 2.57. The predicted molar refractivity (Wildman–Crippen MR) is 98.0 cm³/mol.